The van der Waals surface area contributed by atoms with E-state index in [-0.39, 0.29) is 17.4 Å². The number of ether oxygens (including phenoxy) is 2. The molecule has 178 valence electrons. The van der Waals surface area contributed by atoms with Gasteiger partial charge in [-0.2, -0.15) is 0 Å². The number of rotatable bonds is 8. The van der Waals surface area contributed by atoms with Gasteiger partial charge in [0.25, 0.3) is 5.91 Å². The van der Waals surface area contributed by atoms with Crippen LogP contribution in [0, 0.1) is 0 Å². The third-order valence-electron chi connectivity index (χ3n) is 5.57. The molecule has 0 radical (unpaired) electrons. The molecule has 0 bridgehead atoms. The SMILES string of the molecule is CCCN1C(=O)C(O)=C(C(=O)c2cc3cc(Cl)cc(OC)c3o2)C1c1ccc(OC(C)C)cc1. The minimum Gasteiger partial charge on any atom is -0.503 e. The van der Waals surface area contributed by atoms with Gasteiger partial charge >= 0.3 is 0 Å². The summed E-state index contributed by atoms with van der Waals surface area (Å²) in [6, 6.07) is 11.2. The van der Waals surface area contributed by atoms with Gasteiger partial charge in [-0.25, -0.2) is 0 Å². The van der Waals surface area contributed by atoms with Crippen LogP contribution in [0.25, 0.3) is 11.0 Å². The van der Waals surface area contributed by atoms with Crippen molar-refractivity contribution in [2.45, 2.75) is 39.3 Å². The number of benzene rings is 2. The first kappa shape index (κ1) is 23.7. The lowest BCUT2D eigenvalue weighted by atomic mass is 9.95. The van der Waals surface area contributed by atoms with Gasteiger partial charge in [0, 0.05) is 23.0 Å². The molecule has 0 aliphatic carbocycles. The summed E-state index contributed by atoms with van der Waals surface area (Å²) in [6.07, 6.45) is 0.668. The van der Waals surface area contributed by atoms with Crippen molar-refractivity contribution in [3.63, 3.8) is 0 Å². The maximum Gasteiger partial charge on any atom is 0.290 e. The lowest BCUT2D eigenvalue weighted by molar-refractivity contribution is -0.129. The first-order valence-corrected chi connectivity index (χ1v) is 11.4. The lowest BCUT2D eigenvalue weighted by Crippen LogP contribution is -2.31. The third kappa shape index (κ3) is 4.23. The molecule has 0 saturated heterocycles. The van der Waals surface area contributed by atoms with Gasteiger partial charge in [0.2, 0.25) is 5.78 Å². The Morgan fingerprint density at radius 1 is 1.21 bits per heavy atom. The summed E-state index contributed by atoms with van der Waals surface area (Å²) in [6.45, 7) is 6.16. The minimum absolute atomic E-state index is 0.00940. The first-order valence-electron chi connectivity index (χ1n) is 11.1. The van der Waals surface area contributed by atoms with E-state index in [1.165, 1.54) is 18.1 Å². The highest BCUT2D eigenvalue weighted by atomic mass is 35.5. The van der Waals surface area contributed by atoms with Crippen LogP contribution in [0.2, 0.25) is 5.02 Å². The van der Waals surface area contributed by atoms with Crippen molar-refractivity contribution in [2.75, 3.05) is 13.7 Å². The van der Waals surface area contributed by atoms with Crippen LogP contribution >= 0.6 is 11.6 Å². The molecule has 3 aromatic rings. The summed E-state index contributed by atoms with van der Waals surface area (Å²) in [5.74, 6) is -0.704. The highest BCUT2D eigenvalue weighted by Crippen LogP contribution is 2.41. The molecule has 2 heterocycles. The van der Waals surface area contributed by atoms with Crippen molar-refractivity contribution in [3.8, 4) is 11.5 Å². The molecule has 1 atom stereocenters. The quantitative estimate of drug-likeness (QED) is 0.403. The molecule has 8 heteroatoms. The van der Waals surface area contributed by atoms with Crippen molar-refractivity contribution in [1.82, 2.24) is 4.90 Å². The zero-order valence-electron chi connectivity index (χ0n) is 19.4. The molecule has 1 aliphatic rings. The Hall–Kier alpha value is -3.45. The van der Waals surface area contributed by atoms with Crippen molar-refractivity contribution >= 4 is 34.3 Å². The lowest BCUT2D eigenvalue weighted by Gasteiger charge is -2.26. The number of aliphatic hydroxyl groups is 1. The molecule has 1 aromatic heterocycles. The van der Waals surface area contributed by atoms with E-state index in [0.29, 0.717) is 46.0 Å². The molecule has 1 aliphatic heterocycles. The fourth-order valence-electron chi connectivity index (χ4n) is 4.19. The molecule has 7 nitrogen and oxygen atoms in total. The Kier molecular flexibility index (Phi) is 6.57. The topological polar surface area (TPSA) is 89.2 Å². The number of hydrogen-bond acceptors (Lipinski definition) is 6. The number of furan rings is 1. The number of fused-ring (bicyclic) bond motifs is 1. The van der Waals surface area contributed by atoms with Crippen molar-refractivity contribution in [1.29, 1.82) is 0 Å². The summed E-state index contributed by atoms with van der Waals surface area (Å²) in [4.78, 5) is 28.0. The Bertz CT molecular complexity index is 1270. The van der Waals surface area contributed by atoms with Gasteiger partial charge in [-0.15, -0.1) is 0 Å². The predicted molar refractivity (Wildman–Crippen MR) is 129 cm³/mol. The van der Waals surface area contributed by atoms with Crippen molar-refractivity contribution in [3.05, 3.63) is 70.1 Å². The summed E-state index contributed by atoms with van der Waals surface area (Å²) in [5.41, 5.74) is 1.01. The summed E-state index contributed by atoms with van der Waals surface area (Å²) >= 11 is 6.14. The van der Waals surface area contributed by atoms with Crippen LogP contribution < -0.4 is 9.47 Å². The third-order valence-corrected chi connectivity index (χ3v) is 5.79. The van der Waals surface area contributed by atoms with Crippen LogP contribution in [0.4, 0.5) is 0 Å². The Morgan fingerprint density at radius 2 is 1.91 bits per heavy atom. The summed E-state index contributed by atoms with van der Waals surface area (Å²) in [5, 5.41) is 11.8. The molecule has 1 N–H and O–H groups in total. The Morgan fingerprint density at radius 3 is 2.53 bits per heavy atom. The largest absolute Gasteiger partial charge is 0.503 e. The fourth-order valence-corrected chi connectivity index (χ4v) is 4.40. The van der Waals surface area contributed by atoms with Crippen LogP contribution in [0.5, 0.6) is 11.5 Å². The summed E-state index contributed by atoms with van der Waals surface area (Å²) in [7, 11) is 1.48. The van der Waals surface area contributed by atoms with Crippen LogP contribution in [-0.2, 0) is 4.79 Å². The Labute approximate surface area is 202 Å². The van der Waals surface area contributed by atoms with Crippen LogP contribution in [0.3, 0.4) is 0 Å². The van der Waals surface area contributed by atoms with Gasteiger partial charge in [-0.05, 0) is 50.1 Å². The van der Waals surface area contributed by atoms with Gasteiger partial charge in [0.1, 0.15) is 5.75 Å². The van der Waals surface area contributed by atoms with Crippen LogP contribution in [0.1, 0.15) is 49.4 Å². The molecule has 1 amide bonds. The average Bonchev–Trinajstić information content (AvgIpc) is 3.33. The van der Waals surface area contributed by atoms with E-state index >= 15 is 0 Å². The minimum atomic E-state index is -0.758. The second kappa shape index (κ2) is 9.43. The molecule has 0 spiro atoms. The predicted octanol–water partition coefficient (Wildman–Crippen LogP) is 5.87. The molecule has 1 unspecified atom stereocenters. The number of amides is 1. The van der Waals surface area contributed by atoms with E-state index in [4.69, 9.17) is 25.5 Å². The highest BCUT2D eigenvalue weighted by Gasteiger charge is 2.44. The molecule has 0 fully saturated rings. The van der Waals surface area contributed by atoms with Gasteiger partial charge in [0.05, 0.1) is 24.8 Å². The number of ketones is 1. The zero-order chi connectivity index (χ0) is 24.6. The molecule has 4 rings (SSSR count). The first-order chi connectivity index (χ1) is 16.2. The van der Waals surface area contributed by atoms with E-state index in [0.717, 1.165) is 0 Å². The molecule has 34 heavy (non-hydrogen) atoms. The standard InChI is InChI=1S/C26H26ClNO6/c1-5-10-28-22(15-6-8-18(9-7-15)33-14(2)3)21(24(30)26(28)31)23(29)19-12-16-11-17(27)13-20(32-4)25(16)34-19/h6-9,11-14,22,30H,5,10H2,1-4H3. The maximum atomic E-state index is 13.6. The van der Waals surface area contributed by atoms with E-state index < -0.39 is 23.5 Å². The summed E-state index contributed by atoms with van der Waals surface area (Å²) < 4.78 is 16.8. The zero-order valence-corrected chi connectivity index (χ0v) is 20.2. The van der Waals surface area contributed by atoms with E-state index in [1.807, 2.05) is 20.8 Å². The Balaban J connectivity index is 1.78. The van der Waals surface area contributed by atoms with Crippen LogP contribution in [-0.4, -0.2) is 41.5 Å². The van der Waals surface area contributed by atoms with Crippen molar-refractivity contribution < 1.29 is 28.6 Å². The van der Waals surface area contributed by atoms with E-state index in [1.54, 1.807) is 36.4 Å². The maximum absolute atomic E-state index is 13.6. The normalized spacial score (nSPS) is 16.1. The highest BCUT2D eigenvalue weighted by molar-refractivity contribution is 6.31. The number of hydrogen-bond donors (Lipinski definition) is 1. The number of carbonyl (C=O) groups excluding carboxylic acids is 2. The van der Waals surface area contributed by atoms with Crippen LogP contribution in [0.15, 0.2) is 58.2 Å². The van der Waals surface area contributed by atoms with Gasteiger partial charge in [-0.3, -0.25) is 9.59 Å². The molecule has 0 saturated carbocycles. The number of halogens is 1. The number of carbonyl (C=O) groups is 2. The second-order valence-electron chi connectivity index (χ2n) is 8.37. The fraction of sp³-hybridized carbons (Fsp3) is 0.308. The van der Waals surface area contributed by atoms with Gasteiger partial charge in [0.15, 0.2) is 22.9 Å². The monoisotopic (exact) mass is 483 g/mol. The van der Waals surface area contributed by atoms with Gasteiger partial charge in [-0.1, -0.05) is 30.7 Å². The number of methoxy groups -OCH3 is 1. The van der Waals surface area contributed by atoms with Crippen molar-refractivity contribution in [2.24, 2.45) is 0 Å². The molecular weight excluding hydrogens is 458 g/mol. The number of nitrogens with zero attached hydrogens (tertiary/aromatic N) is 1. The number of Topliss-reactive ketones (excluding diaryl/α,β-unsaturated/α-hetero) is 1. The van der Waals surface area contributed by atoms with E-state index in [9.17, 15) is 14.7 Å². The van der Waals surface area contributed by atoms with E-state index in [2.05, 4.69) is 0 Å². The number of aliphatic hydroxyl groups excluding tert-OH is 1. The average molecular weight is 484 g/mol. The molecular formula is C26H26ClNO6. The van der Waals surface area contributed by atoms with Gasteiger partial charge < -0.3 is 23.9 Å². The molecule has 2 aromatic carbocycles. The smallest absolute Gasteiger partial charge is 0.290 e. The second-order valence-corrected chi connectivity index (χ2v) is 8.80.